The van der Waals surface area contributed by atoms with Gasteiger partial charge >= 0.3 is 5.76 Å². The van der Waals surface area contributed by atoms with E-state index in [4.69, 9.17) is 9.15 Å². The minimum atomic E-state index is -0.578. The molecule has 8 heteroatoms. The number of ether oxygens (including phenoxy) is 1. The minimum Gasteiger partial charge on any atom is -0.492 e. The van der Waals surface area contributed by atoms with Gasteiger partial charge in [-0.3, -0.25) is 0 Å². The summed E-state index contributed by atoms with van der Waals surface area (Å²) in [7, 11) is 0. The van der Waals surface area contributed by atoms with Crippen LogP contribution in [0.3, 0.4) is 0 Å². The number of aromatic nitrogens is 3. The van der Waals surface area contributed by atoms with Crippen molar-refractivity contribution in [1.29, 1.82) is 0 Å². The Hall–Kier alpha value is -2.87. The van der Waals surface area contributed by atoms with Gasteiger partial charge in [0.05, 0.1) is 12.1 Å². The van der Waals surface area contributed by atoms with Crippen molar-refractivity contribution < 1.29 is 13.5 Å². The molecule has 0 aliphatic carbocycles. The van der Waals surface area contributed by atoms with Gasteiger partial charge in [-0.2, -0.15) is 4.68 Å². The van der Waals surface area contributed by atoms with E-state index in [9.17, 15) is 9.18 Å². The Morgan fingerprint density at radius 2 is 2.12 bits per heavy atom. The topological polar surface area (TPSA) is 70.2 Å². The highest BCUT2D eigenvalue weighted by Gasteiger charge is 2.15. The molecule has 0 saturated carbocycles. The van der Waals surface area contributed by atoms with E-state index in [1.54, 1.807) is 24.4 Å². The van der Waals surface area contributed by atoms with Gasteiger partial charge < -0.3 is 9.15 Å². The molecular weight excluding hydrogens is 357 g/mol. The molecule has 0 aliphatic heterocycles. The number of hydrogen-bond donors (Lipinski definition) is 0. The predicted molar refractivity (Wildman–Crippen MR) is 96.8 cm³/mol. The molecule has 0 bridgehead atoms. The van der Waals surface area contributed by atoms with E-state index < -0.39 is 5.76 Å². The minimum absolute atomic E-state index is 0.197. The Morgan fingerprint density at radius 1 is 1.31 bits per heavy atom. The molecule has 3 rings (SSSR count). The molecule has 0 fully saturated rings. The number of nitrogens with zero attached hydrogens (tertiary/aromatic N) is 3. The van der Waals surface area contributed by atoms with Crippen LogP contribution < -0.4 is 10.5 Å². The molecule has 134 valence electrons. The van der Waals surface area contributed by atoms with Gasteiger partial charge in [0.15, 0.2) is 0 Å². The van der Waals surface area contributed by atoms with Crippen LogP contribution in [-0.2, 0) is 6.54 Å². The first-order valence-corrected chi connectivity index (χ1v) is 8.81. The zero-order chi connectivity index (χ0) is 18.4. The van der Waals surface area contributed by atoms with Crippen molar-refractivity contribution in [2.75, 3.05) is 12.4 Å². The molecule has 6 nitrogen and oxygen atoms in total. The Morgan fingerprint density at radius 3 is 2.88 bits per heavy atom. The van der Waals surface area contributed by atoms with Crippen LogP contribution in [0.1, 0.15) is 0 Å². The summed E-state index contributed by atoms with van der Waals surface area (Å²) in [5, 5.41) is 4.92. The zero-order valence-corrected chi connectivity index (χ0v) is 14.6. The van der Waals surface area contributed by atoms with Crippen LogP contribution in [0.15, 0.2) is 69.5 Å². The molecule has 0 aliphatic rings. The summed E-state index contributed by atoms with van der Waals surface area (Å²) >= 11 is 1.48. The van der Waals surface area contributed by atoms with Gasteiger partial charge in [-0.15, -0.1) is 23.4 Å². The van der Waals surface area contributed by atoms with Gasteiger partial charge in [0.1, 0.15) is 23.2 Å². The summed E-state index contributed by atoms with van der Waals surface area (Å²) in [6.45, 7) is 4.08. The molecule has 2 aromatic heterocycles. The summed E-state index contributed by atoms with van der Waals surface area (Å²) in [6, 6.07) is 9.20. The average Bonchev–Trinajstić information content (AvgIpc) is 3.02. The van der Waals surface area contributed by atoms with Gasteiger partial charge in [-0.05, 0) is 36.4 Å². The van der Waals surface area contributed by atoms with Crippen LogP contribution >= 0.6 is 11.8 Å². The smallest absolute Gasteiger partial charge is 0.437 e. The first-order chi connectivity index (χ1) is 12.7. The fraction of sp³-hybridized carbons (Fsp3) is 0.167. The molecule has 0 saturated heterocycles. The lowest BCUT2D eigenvalue weighted by Crippen LogP contribution is -2.20. The standard InChI is InChI=1S/C18H16FN3O3S/c1-2-12-26-17-15(4-3-9-20-17)16-21-22(18(23)25-16)10-11-24-14-7-5-13(19)6-8-14/h2-9H,1,10-12H2. The molecule has 2 heterocycles. The van der Waals surface area contributed by atoms with Crippen molar-refractivity contribution >= 4 is 11.8 Å². The first kappa shape index (κ1) is 17.9. The van der Waals surface area contributed by atoms with Crippen molar-refractivity contribution in [3.05, 3.63) is 71.6 Å². The zero-order valence-electron chi connectivity index (χ0n) is 13.8. The summed E-state index contributed by atoms with van der Waals surface area (Å²) in [5.41, 5.74) is 0.648. The molecule has 3 aromatic rings. The maximum atomic E-state index is 12.9. The third-order valence-electron chi connectivity index (χ3n) is 3.33. The van der Waals surface area contributed by atoms with E-state index in [-0.39, 0.29) is 24.9 Å². The molecule has 0 spiro atoms. The fourth-order valence-electron chi connectivity index (χ4n) is 2.14. The lowest BCUT2D eigenvalue weighted by Gasteiger charge is -2.05. The normalized spacial score (nSPS) is 10.7. The van der Waals surface area contributed by atoms with E-state index in [0.29, 0.717) is 22.1 Å². The SMILES string of the molecule is C=CCSc1ncccc1-c1nn(CCOc2ccc(F)cc2)c(=O)o1. The lowest BCUT2D eigenvalue weighted by atomic mass is 10.3. The Bertz CT molecular complexity index is 937. The van der Waals surface area contributed by atoms with Crippen LogP contribution in [-0.4, -0.2) is 27.1 Å². The van der Waals surface area contributed by atoms with Crippen LogP contribution in [0, 0.1) is 5.82 Å². The largest absolute Gasteiger partial charge is 0.492 e. The van der Waals surface area contributed by atoms with Crippen molar-refractivity contribution in [1.82, 2.24) is 14.8 Å². The molecule has 0 atom stereocenters. The molecule has 0 N–H and O–H groups in total. The second-order valence-corrected chi connectivity index (χ2v) is 6.16. The number of hydrogen-bond acceptors (Lipinski definition) is 6. The Kier molecular flexibility index (Phi) is 5.85. The van der Waals surface area contributed by atoms with Gasteiger partial charge in [-0.25, -0.2) is 14.2 Å². The van der Waals surface area contributed by atoms with Gasteiger partial charge in [0.25, 0.3) is 5.89 Å². The molecule has 0 radical (unpaired) electrons. The number of thioether (sulfide) groups is 1. The maximum absolute atomic E-state index is 12.9. The Labute approximate surface area is 153 Å². The monoisotopic (exact) mass is 373 g/mol. The second-order valence-electron chi connectivity index (χ2n) is 5.15. The quantitative estimate of drug-likeness (QED) is 0.445. The van der Waals surface area contributed by atoms with Crippen molar-refractivity contribution in [2.24, 2.45) is 0 Å². The van der Waals surface area contributed by atoms with Gasteiger partial charge in [0.2, 0.25) is 0 Å². The maximum Gasteiger partial charge on any atom is 0.437 e. The van der Waals surface area contributed by atoms with Crippen LogP contribution in [0.25, 0.3) is 11.5 Å². The number of pyridine rings is 1. The summed E-state index contributed by atoms with van der Waals surface area (Å²) < 4.78 is 24.8. The van der Waals surface area contributed by atoms with E-state index in [2.05, 4.69) is 16.7 Å². The van der Waals surface area contributed by atoms with Crippen molar-refractivity contribution in [3.63, 3.8) is 0 Å². The highest BCUT2D eigenvalue weighted by atomic mass is 32.2. The first-order valence-electron chi connectivity index (χ1n) is 7.83. The lowest BCUT2D eigenvalue weighted by molar-refractivity contribution is 0.285. The van der Waals surface area contributed by atoms with E-state index in [1.807, 2.05) is 0 Å². The summed E-state index contributed by atoms with van der Waals surface area (Å²) in [4.78, 5) is 16.3. The molecule has 1 aromatic carbocycles. The molecular formula is C18H16FN3O3S. The third-order valence-corrected chi connectivity index (χ3v) is 4.33. The predicted octanol–water partition coefficient (Wildman–Crippen LogP) is 3.39. The van der Waals surface area contributed by atoms with E-state index in [1.165, 1.54) is 40.7 Å². The van der Waals surface area contributed by atoms with Crippen molar-refractivity contribution in [3.8, 4) is 17.2 Å². The van der Waals surface area contributed by atoms with Crippen molar-refractivity contribution in [2.45, 2.75) is 11.6 Å². The van der Waals surface area contributed by atoms with Gasteiger partial charge in [-0.1, -0.05) is 6.08 Å². The van der Waals surface area contributed by atoms with E-state index in [0.717, 1.165) is 0 Å². The van der Waals surface area contributed by atoms with Gasteiger partial charge in [0, 0.05) is 11.9 Å². The molecule has 0 amide bonds. The highest BCUT2D eigenvalue weighted by molar-refractivity contribution is 7.99. The molecule has 0 unspecified atom stereocenters. The number of benzene rings is 1. The highest BCUT2D eigenvalue weighted by Crippen LogP contribution is 2.27. The van der Waals surface area contributed by atoms with E-state index >= 15 is 0 Å². The number of halogens is 1. The Balaban J connectivity index is 1.70. The summed E-state index contributed by atoms with van der Waals surface area (Å²) in [5.74, 6) is 0.484. The fourth-order valence-corrected chi connectivity index (χ4v) is 2.87. The van der Waals surface area contributed by atoms with Crippen LogP contribution in [0.4, 0.5) is 4.39 Å². The summed E-state index contributed by atoms with van der Waals surface area (Å²) in [6.07, 6.45) is 3.44. The number of rotatable bonds is 8. The van der Waals surface area contributed by atoms with Crippen LogP contribution in [0.2, 0.25) is 0 Å². The average molecular weight is 373 g/mol. The molecule has 26 heavy (non-hydrogen) atoms. The third kappa shape index (κ3) is 4.40. The second kappa shape index (κ2) is 8.48. The van der Waals surface area contributed by atoms with Crippen LogP contribution in [0.5, 0.6) is 5.75 Å².